The molecule has 0 radical (unpaired) electrons. The Morgan fingerprint density at radius 2 is 1.89 bits per heavy atom. The molecule has 0 N–H and O–H groups in total. The Morgan fingerprint density at radius 3 is 2.61 bits per heavy atom. The highest BCUT2D eigenvalue weighted by Gasteiger charge is 2.15. The summed E-state index contributed by atoms with van der Waals surface area (Å²) in [6, 6.07) is 8.19. The van der Waals surface area contributed by atoms with Gasteiger partial charge in [0.15, 0.2) is 0 Å². The second kappa shape index (κ2) is 4.61. The van der Waals surface area contributed by atoms with Crippen molar-refractivity contribution in [1.82, 2.24) is 9.97 Å². The van der Waals surface area contributed by atoms with Gasteiger partial charge in [0.05, 0.1) is 5.39 Å². The lowest BCUT2D eigenvalue weighted by atomic mass is 10.0. The summed E-state index contributed by atoms with van der Waals surface area (Å²) in [5.74, 6) is 0. The molecular weight excluding hydrogens is 332 g/mol. The molecule has 0 unspecified atom stereocenters. The number of nitrogens with zero attached hydrogens (tertiary/aromatic N) is 2. The molecule has 0 spiro atoms. The van der Waals surface area contributed by atoms with Gasteiger partial charge in [-0.2, -0.15) is 0 Å². The fourth-order valence-electron chi connectivity index (χ4n) is 1.97. The number of aryl methyl sites for hydroxylation is 1. The van der Waals surface area contributed by atoms with Crippen LogP contribution in [0.15, 0.2) is 35.1 Å². The second-order valence-electron chi connectivity index (χ2n) is 3.88. The van der Waals surface area contributed by atoms with Crippen molar-refractivity contribution in [3.05, 3.63) is 45.1 Å². The minimum Gasteiger partial charge on any atom is -0.225 e. The van der Waals surface area contributed by atoms with Gasteiger partial charge in [-0.25, -0.2) is 9.97 Å². The van der Waals surface area contributed by atoms with E-state index in [9.17, 15) is 0 Å². The summed E-state index contributed by atoms with van der Waals surface area (Å²) in [5.41, 5.74) is 2.27. The average molecular weight is 340 g/mol. The number of hydrogen-bond donors (Lipinski definition) is 0. The van der Waals surface area contributed by atoms with Crippen molar-refractivity contribution in [3.63, 3.8) is 0 Å². The first kappa shape index (κ1) is 12.1. The molecule has 90 valence electrons. The van der Waals surface area contributed by atoms with Crippen LogP contribution >= 0.6 is 38.9 Å². The Balaban J connectivity index is 2.34. The second-order valence-corrected chi connectivity index (χ2v) is 6.36. The van der Waals surface area contributed by atoms with E-state index in [4.69, 9.17) is 11.6 Å². The molecule has 0 amide bonds. The van der Waals surface area contributed by atoms with Crippen LogP contribution in [-0.2, 0) is 0 Å². The van der Waals surface area contributed by atoms with Crippen LogP contribution in [0.5, 0.6) is 0 Å². The fourth-order valence-corrected chi connectivity index (χ4v) is 3.53. The zero-order valence-corrected chi connectivity index (χ0v) is 12.6. The van der Waals surface area contributed by atoms with Crippen molar-refractivity contribution in [2.45, 2.75) is 6.92 Å². The molecular formula is C13H8BrClN2S. The first-order chi connectivity index (χ1) is 8.66. The Morgan fingerprint density at radius 1 is 1.17 bits per heavy atom. The first-order valence-electron chi connectivity index (χ1n) is 5.32. The SMILES string of the molecule is Cc1sc2ncnc(Cl)c2c1-c1ccc(Br)cc1. The van der Waals surface area contributed by atoms with Crippen LogP contribution in [0.25, 0.3) is 21.3 Å². The molecule has 0 aliphatic heterocycles. The molecule has 18 heavy (non-hydrogen) atoms. The van der Waals surface area contributed by atoms with E-state index in [1.165, 1.54) is 11.2 Å². The van der Waals surface area contributed by atoms with Gasteiger partial charge in [0.1, 0.15) is 16.3 Å². The van der Waals surface area contributed by atoms with Gasteiger partial charge in [-0.05, 0) is 24.6 Å². The monoisotopic (exact) mass is 338 g/mol. The summed E-state index contributed by atoms with van der Waals surface area (Å²) in [7, 11) is 0. The molecule has 0 saturated carbocycles. The van der Waals surface area contributed by atoms with Gasteiger partial charge in [-0.3, -0.25) is 0 Å². The summed E-state index contributed by atoms with van der Waals surface area (Å²) in [6.07, 6.45) is 1.51. The van der Waals surface area contributed by atoms with Gasteiger partial charge in [-0.15, -0.1) is 11.3 Å². The van der Waals surface area contributed by atoms with Gasteiger partial charge < -0.3 is 0 Å². The highest BCUT2D eigenvalue weighted by Crippen LogP contribution is 2.40. The smallest absolute Gasteiger partial charge is 0.141 e. The van der Waals surface area contributed by atoms with E-state index >= 15 is 0 Å². The summed E-state index contributed by atoms with van der Waals surface area (Å²) in [5, 5.41) is 1.46. The lowest BCUT2D eigenvalue weighted by Gasteiger charge is -2.03. The van der Waals surface area contributed by atoms with Crippen molar-refractivity contribution in [2.24, 2.45) is 0 Å². The number of fused-ring (bicyclic) bond motifs is 1. The van der Waals surface area contributed by atoms with E-state index < -0.39 is 0 Å². The summed E-state index contributed by atoms with van der Waals surface area (Å²) < 4.78 is 1.06. The molecule has 2 aromatic heterocycles. The van der Waals surface area contributed by atoms with E-state index in [2.05, 4.69) is 45.0 Å². The van der Waals surface area contributed by atoms with Crippen LogP contribution in [0.3, 0.4) is 0 Å². The lowest BCUT2D eigenvalue weighted by molar-refractivity contribution is 1.23. The quantitative estimate of drug-likeness (QED) is 0.578. The van der Waals surface area contributed by atoms with E-state index in [0.717, 1.165) is 25.8 Å². The molecule has 0 atom stereocenters. The van der Waals surface area contributed by atoms with Gasteiger partial charge >= 0.3 is 0 Å². The Labute approximate surface area is 122 Å². The molecule has 1 aromatic carbocycles. The third kappa shape index (κ3) is 1.94. The number of benzene rings is 1. The maximum atomic E-state index is 6.20. The third-order valence-electron chi connectivity index (χ3n) is 2.75. The van der Waals surface area contributed by atoms with Crippen LogP contribution in [0.2, 0.25) is 5.15 Å². The molecule has 0 fully saturated rings. The highest BCUT2D eigenvalue weighted by atomic mass is 79.9. The summed E-state index contributed by atoms with van der Waals surface area (Å²) in [6.45, 7) is 2.08. The summed E-state index contributed by atoms with van der Waals surface area (Å²) >= 11 is 11.3. The van der Waals surface area contributed by atoms with Crippen LogP contribution in [0.4, 0.5) is 0 Å². The average Bonchev–Trinajstić information content (AvgIpc) is 2.68. The number of rotatable bonds is 1. The predicted molar refractivity (Wildman–Crippen MR) is 80.3 cm³/mol. The normalized spacial score (nSPS) is 11.1. The Bertz CT molecular complexity index is 722. The number of halogens is 2. The maximum Gasteiger partial charge on any atom is 0.141 e. The summed E-state index contributed by atoms with van der Waals surface area (Å²) in [4.78, 5) is 10.5. The topological polar surface area (TPSA) is 25.8 Å². The zero-order valence-electron chi connectivity index (χ0n) is 9.45. The zero-order chi connectivity index (χ0) is 12.7. The van der Waals surface area contributed by atoms with E-state index in [1.807, 2.05) is 12.1 Å². The van der Waals surface area contributed by atoms with Gasteiger partial charge in [-0.1, -0.05) is 39.7 Å². The molecule has 2 heterocycles. The highest BCUT2D eigenvalue weighted by molar-refractivity contribution is 9.10. The van der Waals surface area contributed by atoms with E-state index in [0.29, 0.717) is 5.15 Å². The molecule has 0 aliphatic carbocycles. The van der Waals surface area contributed by atoms with Gasteiger partial charge in [0, 0.05) is 14.9 Å². The minimum atomic E-state index is 0.516. The maximum absolute atomic E-state index is 6.20. The standard InChI is InChI=1S/C13H8BrClN2S/c1-7-10(8-2-4-9(14)5-3-8)11-12(15)16-6-17-13(11)18-7/h2-6H,1H3. The largest absolute Gasteiger partial charge is 0.225 e. The van der Waals surface area contributed by atoms with Crippen molar-refractivity contribution >= 4 is 49.1 Å². The lowest BCUT2D eigenvalue weighted by Crippen LogP contribution is -1.83. The number of hydrogen-bond acceptors (Lipinski definition) is 3. The predicted octanol–water partition coefficient (Wildman–Crippen LogP) is 5.08. The number of aromatic nitrogens is 2. The van der Waals surface area contributed by atoms with Crippen LogP contribution < -0.4 is 0 Å². The van der Waals surface area contributed by atoms with Crippen molar-refractivity contribution in [1.29, 1.82) is 0 Å². The molecule has 0 saturated heterocycles. The van der Waals surface area contributed by atoms with Crippen molar-refractivity contribution in [2.75, 3.05) is 0 Å². The molecule has 2 nitrogen and oxygen atoms in total. The van der Waals surface area contributed by atoms with Crippen LogP contribution in [0.1, 0.15) is 4.88 Å². The Kier molecular flexibility index (Phi) is 3.09. The Hall–Kier alpha value is -0.970. The molecule has 0 bridgehead atoms. The van der Waals surface area contributed by atoms with Crippen LogP contribution in [0, 0.1) is 6.92 Å². The van der Waals surface area contributed by atoms with Crippen molar-refractivity contribution in [3.8, 4) is 11.1 Å². The minimum absolute atomic E-state index is 0.516. The third-order valence-corrected chi connectivity index (χ3v) is 4.58. The van der Waals surface area contributed by atoms with E-state index in [1.54, 1.807) is 11.3 Å². The first-order valence-corrected chi connectivity index (χ1v) is 7.31. The fraction of sp³-hybridized carbons (Fsp3) is 0.0769. The molecule has 0 aliphatic rings. The van der Waals surface area contributed by atoms with E-state index in [-0.39, 0.29) is 0 Å². The molecule has 3 aromatic rings. The van der Waals surface area contributed by atoms with Crippen LogP contribution in [-0.4, -0.2) is 9.97 Å². The molecule has 3 rings (SSSR count). The van der Waals surface area contributed by atoms with Gasteiger partial charge in [0.2, 0.25) is 0 Å². The number of thiophene rings is 1. The van der Waals surface area contributed by atoms with Crippen molar-refractivity contribution < 1.29 is 0 Å². The van der Waals surface area contributed by atoms with Gasteiger partial charge in [0.25, 0.3) is 0 Å². The molecule has 5 heteroatoms.